The van der Waals surface area contributed by atoms with Crippen LogP contribution in [0.15, 0.2) is 40.9 Å². The molecule has 0 aromatic heterocycles. The predicted molar refractivity (Wildman–Crippen MR) is 79.2 cm³/mol. The van der Waals surface area contributed by atoms with Crippen LogP contribution in [0.5, 0.6) is 0 Å². The van der Waals surface area contributed by atoms with Crippen LogP contribution in [0.25, 0.3) is 0 Å². The summed E-state index contributed by atoms with van der Waals surface area (Å²) in [4.78, 5) is 11.6. The van der Waals surface area contributed by atoms with Gasteiger partial charge in [-0.3, -0.25) is 0 Å². The molecule has 110 valence electrons. The minimum atomic E-state index is -0.628. The standard InChI is InChI=1S/C15H12BrF2NO2/c1-21-15(20)11-7-10(17)3-5-14(11)19-8-9-2-4-13(18)12(16)6-9/h2-7,19H,8H2,1H3. The third-order valence-corrected chi connectivity index (χ3v) is 3.46. The van der Waals surface area contributed by atoms with Crippen LogP contribution < -0.4 is 5.32 Å². The van der Waals surface area contributed by atoms with E-state index in [1.807, 2.05) is 0 Å². The second kappa shape index (κ2) is 6.67. The monoisotopic (exact) mass is 355 g/mol. The lowest BCUT2D eigenvalue weighted by molar-refractivity contribution is 0.0601. The minimum Gasteiger partial charge on any atom is -0.465 e. The first-order valence-corrected chi connectivity index (χ1v) is 6.86. The smallest absolute Gasteiger partial charge is 0.340 e. The van der Waals surface area contributed by atoms with E-state index in [2.05, 4.69) is 26.0 Å². The van der Waals surface area contributed by atoms with Crippen molar-refractivity contribution in [3.8, 4) is 0 Å². The number of hydrogen-bond acceptors (Lipinski definition) is 3. The summed E-state index contributed by atoms with van der Waals surface area (Å²) in [6.07, 6.45) is 0. The molecule has 0 aliphatic carbocycles. The Morgan fingerprint density at radius 3 is 2.67 bits per heavy atom. The predicted octanol–water partition coefficient (Wildman–Crippen LogP) is 4.13. The Morgan fingerprint density at radius 1 is 1.24 bits per heavy atom. The number of carbonyl (C=O) groups is 1. The molecule has 2 aromatic carbocycles. The van der Waals surface area contributed by atoms with Crippen molar-refractivity contribution in [2.24, 2.45) is 0 Å². The maximum atomic E-state index is 13.2. The molecule has 0 unspecified atom stereocenters. The van der Waals surface area contributed by atoms with Crippen LogP contribution >= 0.6 is 15.9 Å². The van der Waals surface area contributed by atoms with Crippen LogP contribution in [0.4, 0.5) is 14.5 Å². The van der Waals surface area contributed by atoms with Gasteiger partial charge < -0.3 is 10.1 Å². The van der Waals surface area contributed by atoms with Crippen molar-refractivity contribution in [1.29, 1.82) is 0 Å². The fourth-order valence-corrected chi connectivity index (χ4v) is 2.22. The summed E-state index contributed by atoms with van der Waals surface area (Å²) in [5.74, 6) is -1.50. The van der Waals surface area contributed by atoms with E-state index in [0.717, 1.165) is 11.6 Å². The average molecular weight is 356 g/mol. The number of nitrogens with one attached hydrogen (secondary N) is 1. The number of esters is 1. The van der Waals surface area contributed by atoms with Gasteiger partial charge in [-0.1, -0.05) is 6.07 Å². The van der Waals surface area contributed by atoms with Crippen molar-refractivity contribution in [1.82, 2.24) is 0 Å². The van der Waals surface area contributed by atoms with Gasteiger partial charge in [0.25, 0.3) is 0 Å². The summed E-state index contributed by atoms with van der Waals surface area (Å²) in [5.41, 5.74) is 1.37. The van der Waals surface area contributed by atoms with Crippen LogP contribution in [0, 0.1) is 11.6 Å². The van der Waals surface area contributed by atoms with Crippen molar-refractivity contribution in [3.05, 3.63) is 63.6 Å². The zero-order valence-corrected chi connectivity index (χ0v) is 12.7. The van der Waals surface area contributed by atoms with Crippen LogP contribution in [0.1, 0.15) is 15.9 Å². The van der Waals surface area contributed by atoms with Crippen LogP contribution in [-0.2, 0) is 11.3 Å². The molecule has 0 heterocycles. The molecule has 6 heteroatoms. The molecule has 0 fully saturated rings. The van der Waals surface area contributed by atoms with E-state index in [4.69, 9.17) is 0 Å². The van der Waals surface area contributed by atoms with Gasteiger partial charge in [-0.15, -0.1) is 0 Å². The van der Waals surface area contributed by atoms with Gasteiger partial charge in [-0.2, -0.15) is 0 Å². The molecule has 3 nitrogen and oxygen atoms in total. The van der Waals surface area contributed by atoms with Gasteiger partial charge in [-0.05, 0) is 51.8 Å². The molecule has 0 spiro atoms. The van der Waals surface area contributed by atoms with E-state index in [-0.39, 0.29) is 11.4 Å². The van der Waals surface area contributed by atoms with Gasteiger partial charge in [0.05, 0.1) is 17.1 Å². The molecule has 2 aromatic rings. The number of carbonyl (C=O) groups excluding carboxylic acids is 1. The molecule has 0 aliphatic heterocycles. The molecule has 0 amide bonds. The van der Waals surface area contributed by atoms with Crippen LogP contribution in [0.3, 0.4) is 0 Å². The summed E-state index contributed by atoms with van der Waals surface area (Å²) in [6, 6.07) is 8.40. The summed E-state index contributed by atoms with van der Waals surface area (Å²) in [7, 11) is 1.23. The van der Waals surface area contributed by atoms with Gasteiger partial charge in [-0.25, -0.2) is 13.6 Å². The number of halogens is 3. The fraction of sp³-hybridized carbons (Fsp3) is 0.133. The number of anilines is 1. The highest BCUT2D eigenvalue weighted by molar-refractivity contribution is 9.10. The molecule has 0 atom stereocenters. The van der Waals surface area contributed by atoms with E-state index < -0.39 is 11.8 Å². The lowest BCUT2D eigenvalue weighted by Gasteiger charge is -2.11. The Kier molecular flexibility index (Phi) is 4.90. The Labute approximate surface area is 129 Å². The molecule has 0 saturated carbocycles. The molecule has 0 saturated heterocycles. The number of benzene rings is 2. The molecular weight excluding hydrogens is 344 g/mol. The van der Waals surface area contributed by atoms with Crippen molar-refractivity contribution in [2.45, 2.75) is 6.54 Å². The Hall–Kier alpha value is -1.95. The zero-order chi connectivity index (χ0) is 15.4. The zero-order valence-electron chi connectivity index (χ0n) is 11.1. The summed E-state index contributed by atoms with van der Waals surface area (Å²) >= 11 is 3.10. The van der Waals surface area contributed by atoms with Crippen molar-refractivity contribution in [2.75, 3.05) is 12.4 Å². The fourth-order valence-electron chi connectivity index (χ4n) is 1.80. The van der Waals surface area contributed by atoms with Crippen LogP contribution in [-0.4, -0.2) is 13.1 Å². The SMILES string of the molecule is COC(=O)c1cc(F)ccc1NCc1ccc(F)c(Br)c1. The van der Waals surface area contributed by atoms with E-state index in [1.165, 1.54) is 25.3 Å². The van der Waals surface area contributed by atoms with E-state index in [9.17, 15) is 13.6 Å². The third-order valence-electron chi connectivity index (χ3n) is 2.85. The van der Waals surface area contributed by atoms with Crippen LogP contribution in [0.2, 0.25) is 0 Å². The van der Waals surface area contributed by atoms with Crippen molar-refractivity contribution >= 4 is 27.6 Å². The number of rotatable bonds is 4. The highest BCUT2D eigenvalue weighted by Crippen LogP contribution is 2.21. The number of hydrogen-bond donors (Lipinski definition) is 1. The summed E-state index contributed by atoms with van der Waals surface area (Å²) in [6.45, 7) is 0.356. The minimum absolute atomic E-state index is 0.110. The summed E-state index contributed by atoms with van der Waals surface area (Å²) < 4.78 is 31.3. The number of ether oxygens (including phenoxy) is 1. The van der Waals surface area contributed by atoms with E-state index in [0.29, 0.717) is 16.7 Å². The van der Waals surface area contributed by atoms with E-state index in [1.54, 1.807) is 12.1 Å². The Balaban J connectivity index is 2.19. The highest BCUT2D eigenvalue weighted by Gasteiger charge is 2.13. The normalized spacial score (nSPS) is 10.3. The first-order chi connectivity index (χ1) is 10.0. The molecule has 21 heavy (non-hydrogen) atoms. The third kappa shape index (κ3) is 3.78. The maximum absolute atomic E-state index is 13.2. The largest absolute Gasteiger partial charge is 0.465 e. The summed E-state index contributed by atoms with van der Waals surface area (Å²) in [5, 5.41) is 3.01. The Bertz CT molecular complexity index is 677. The lowest BCUT2D eigenvalue weighted by Crippen LogP contribution is -2.09. The van der Waals surface area contributed by atoms with Gasteiger partial charge >= 0.3 is 5.97 Å². The molecular formula is C15H12BrF2NO2. The second-order valence-corrected chi connectivity index (χ2v) is 5.14. The maximum Gasteiger partial charge on any atom is 0.340 e. The van der Waals surface area contributed by atoms with Gasteiger partial charge in [0.2, 0.25) is 0 Å². The highest BCUT2D eigenvalue weighted by atomic mass is 79.9. The van der Waals surface area contributed by atoms with Crippen molar-refractivity contribution in [3.63, 3.8) is 0 Å². The molecule has 2 rings (SSSR count). The number of methoxy groups -OCH3 is 1. The Morgan fingerprint density at radius 2 is 2.00 bits per heavy atom. The molecule has 1 N–H and O–H groups in total. The van der Waals surface area contributed by atoms with Gasteiger partial charge in [0, 0.05) is 12.2 Å². The molecule has 0 bridgehead atoms. The van der Waals surface area contributed by atoms with Gasteiger partial charge in [0.15, 0.2) is 0 Å². The second-order valence-electron chi connectivity index (χ2n) is 4.28. The van der Waals surface area contributed by atoms with Crippen molar-refractivity contribution < 1.29 is 18.3 Å². The molecule has 0 aliphatic rings. The first kappa shape index (κ1) is 15.4. The topological polar surface area (TPSA) is 38.3 Å². The quantitative estimate of drug-likeness (QED) is 0.838. The first-order valence-electron chi connectivity index (χ1n) is 6.07. The lowest BCUT2D eigenvalue weighted by atomic mass is 10.1. The molecule has 0 radical (unpaired) electrons. The van der Waals surface area contributed by atoms with Gasteiger partial charge in [0.1, 0.15) is 11.6 Å². The average Bonchev–Trinajstić information content (AvgIpc) is 2.48. The van der Waals surface area contributed by atoms with E-state index >= 15 is 0 Å².